The van der Waals surface area contributed by atoms with Crippen molar-refractivity contribution in [2.75, 3.05) is 11.1 Å². The summed E-state index contributed by atoms with van der Waals surface area (Å²) in [6.07, 6.45) is 1.54. The van der Waals surface area contributed by atoms with Crippen LogP contribution < -0.4 is 10.6 Å². The molecule has 0 aliphatic rings. The number of anilines is 1. The summed E-state index contributed by atoms with van der Waals surface area (Å²) in [7, 11) is 0. The predicted octanol–water partition coefficient (Wildman–Crippen LogP) is 6.79. The van der Waals surface area contributed by atoms with Crippen molar-refractivity contribution in [1.29, 1.82) is 0 Å². The molecule has 4 aromatic rings. The molecule has 0 saturated carbocycles. The molecule has 1 heterocycles. The molecule has 1 aromatic heterocycles. The molecule has 3 aromatic carbocycles. The number of rotatable bonds is 9. The van der Waals surface area contributed by atoms with Gasteiger partial charge in [-0.25, -0.2) is 0 Å². The number of halogens is 1. The molecule has 0 atom stereocenters. The predicted molar refractivity (Wildman–Crippen MR) is 148 cm³/mol. The third-order valence-electron chi connectivity index (χ3n) is 4.99. The molecule has 0 radical (unpaired) electrons. The van der Waals surface area contributed by atoms with Crippen molar-refractivity contribution in [1.82, 2.24) is 5.32 Å². The van der Waals surface area contributed by atoms with Gasteiger partial charge in [-0.2, -0.15) is 0 Å². The van der Waals surface area contributed by atoms with Gasteiger partial charge in [-0.15, -0.1) is 23.1 Å². The van der Waals surface area contributed by atoms with Crippen molar-refractivity contribution >= 4 is 64.1 Å². The third kappa shape index (κ3) is 6.95. The first-order valence-corrected chi connectivity index (χ1v) is 13.2. The summed E-state index contributed by atoms with van der Waals surface area (Å²) in [6, 6.07) is 26.5. The Morgan fingerprint density at radius 3 is 2.42 bits per heavy atom. The lowest BCUT2D eigenvalue weighted by molar-refractivity contribution is -0.113. The van der Waals surface area contributed by atoms with Crippen molar-refractivity contribution in [2.45, 2.75) is 4.90 Å². The van der Waals surface area contributed by atoms with E-state index in [1.807, 2.05) is 23.6 Å². The van der Waals surface area contributed by atoms with Gasteiger partial charge in [0.1, 0.15) is 5.70 Å². The summed E-state index contributed by atoms with van der Waals surface area (Å²) in [5.41, 5.74) is 1.59. The summed E-state index contributed by atoms with van der Waals surface area (Å²) in [6.45, 7) is 0. The quantitative estimate of drug-likeness (QED) is 0.141. The van der Waals surface area contributed by atoms with E-state index in [0.29, 0.717) is 27.6 Å². The Kier molecular flexibility index (Phi) is 8.73. The van der Waals surface area contributed by atoms with E-state index in [1.54, 1.807) is 72.8 Å². The average molecular weight is 533 g/mol. The van der Waals surface area contributed by atoms with Gasteiger partial charge >= 0.3 is 0 Å². The number of Topliss-reactive ketones (excluding diaryl/α,β-unsaturated/α-hetero) is 1. The Bertz CT molecular complexity index is 1400. The first-order valence-electron chi connectivity index (χ1n) is 10.9. The Morgan fingerprint density at radius 2 is 1.67 bits per heavy atom. The molecule has 0 spiro atoms. The standard InChI is InChI=1S/C28H21ClN2O3S2/c29-23-13-5-4-10-20(23)16-24(31-27(33)19-8-2-1-3-9-19)28(34)30-21-11-6-12-22(17-21)36-18-25(32)26-14-7-15-35-26/h1-17H,18H2,(H,30,34)(H,31,33)/b24-16-. The van der Waals surface area contributed by atoms with E-state index < -0.39 is 11.8 Å². The van der Waals surface area contributed by atoms with Gasteiger partial charge in [0, 0.05) is 21.2 Å². The minimum absolute atomic E-state index is 0.0443. The highest BCUT2D eigenvalue weighted by atomic mass is 35.5. The molecular formula is C28H21ClN2O3S2. The minimum atomic E-state index is -0.504. The van der Waals surface area contributed by atoms with Crippen molar-refractivity contribution in [2.24, 2.45) is 0 Å². The van der Waals surface area contributed by atoms with E-state index in [1.165, 1.54) is 29.2 Å². The maximum absolute atomic E-state index is 13.2. The maximum Gasteiger partial charge on any atom is 0.272 e. The number of hydrogen-bond acceptors (Lipinski definition) is 5. The smallest absolute Gasteiger partial charge is 0.272 e. The summed E-state index contributed by atoms with van der Waals surface area (Å²) in [5.74, 6) is -0.572. The van der Waals surface area contributed by atoms with Gasteiger partial charge in [0.25, 0.3) is 11.8 Å². The fraction of sp³-hybridized carbons (Fsp3) is 0.0357. The van der Waals surface area contributed by atoms with Crippen LogP contribution in [0.1, 0.15) is 25.6 Å². The molecule has 8 heteroatoms. The van der Waals surface area contributed by atoms with Crippen molar-refractivity contribution in [3.63, 3.8) is 0 Å². The van der Waals surface area contributed by atoms with E-state index in [4.69, 9.17) is 11.6 Å². The Labute approximate surface area is 222 Å². The molecule has 0 aliphatic carbocycles. The first kappa shape index (κ1) is 25.4. The van der Waals surface area contributed by atoms with Crippen LogP contribution in [0.15, 0.2) is 107 Å². The summed E-state index contributed by atoms with van der Waals surface area (Å²) in [5, 5.41) is 7.86. The Balaban J connectivity index is 1.51. The van der Waals surface area contributed by atoms with Crippen LogP contribution in [0.4, 0.5) is 5.69 Å². The van der Waals surface area contributed by atoms with Crippen LogP contribution in [0.5, 0.6) is 0 Å². The lowest BCUT2D eigenvalue weighted by atomic mass is 10.1. The van der Waals surface area contributed by atoms with Gasteiger partial charge in [0.2, 0.25) is 0 Å². The van der Waals surface area contributed by atoms with E-state index in [9.17, 15) is 14.4 Å². The lowest BCUT2D eigenvalue weighted by Crippen LogP contribution is -2.30. The molecule has 0 unspecified atom stereocenters. The van der Waals surface area contributed by atoms with Crippen molar-refractivity contribution in [3.05, 3.63) is 123 Å². The van der Waals surface area contributed by atoms with Gasteiger partial charge in [-0.1, -0.05) is 60.1 Å². The maximum atomic E-state index is 13.2. The van der Waals surface area contributed by atoms with Crippen LogP contribution in [0, 0.1) is 0 Å². The van der Waals surface area contributed by atoms with Crippen molar-refractivity contribution < 1.29 is 14.4 Å². The molecule has 180 valence electrons. The van der Waals surface area contributed by atoms with E-state index >= 15 is 0 Å². The number of amides is 2. The van der Waals surface area contributed by atoms with Gasteiger partial charge in [0.05, 0.1) is 10.6 Å². The third-order valence-corrected chi connectivity index (χ3v) is 7.24. The molecule has 36 heavy (non-hydrogen) atoms. The summed E-state index contributed by atoms with van der Waals surface area (Å²) >= 11 is 9.09. The van der Waals surface area contributed by atoms with Crippen LogP contribution in [-0.2, 0) is 4.79 Å². The number of carbonyl (C=O) groups excluding carboxylic acids is 3. The highest BCUT2D eigenvalue weighted by molar-refractivity contribution is 8.00. The van der Waals surface area contributed by atoms with Crippen LogP contribution in [0.3, 0.4) is 0 Å². The average Bonchev–Trinajstić information content (AvgIpc) is 3.44. The molecule has 2 amide bonds. The van der Waals surface area contributed by atoms with Gasteiger partial charge in [0.15, 0.2) is 5.78 Å². The van der Waals surface area contributed by atoms with Crippen LogP contribution in [-0.4, -0.2) is 23.4 Å². The highest BCUT2D eigenvalue weighted by Gasteiger charge is 2.16. The zero-order valence-electron chi connectivity index (χ0n) is 18.9. The second kappa shape index (κ2) is 12.4. The van der Waals surface area contributed by atoms with Crippen LogP contribution >= 0.6 is 34.7 Å². The topological polar surface area (TPSA) is 75.3 Å². The zero-order chi connectivity index (χ0) is 25.3. The molecule has 4 rings (SSSR count). The van der Waals surface area contributed by atoms with E-state index in [2.05, 4.69) is 10.6 Å². The molecule has 5 nitrogen and oxygen atoms in total. The minimum Gasteiger partial charge on any atom is -0.321 e. The number of nitrogens with one attached hydrogen (secondary N) is 2. The number of ketones is 1. The first-order chi connectivity index (χ1) is 17.5. The fourth-order valence-corrected chi connectivity index (χ4v) is 4.99. The van der Waals surface area contributed by atoms with Gasteiger partial charge in [-0.05, 0) is 59.5 Å². The normalized spacial score (nSPS) is 11.1. The number of carbonyl (C=O) groups is 3. The number of thioether (sulfide) groups is 1. The van der Waals surface area contributed by atoms with E-state index in [-0.39, 0.29) is 11.5 Å². The number of hydrogen-bond donors (Lipinski definition) is 2. The molecular weight excluding hydrogens is 512 g/mol. The second-order valence-corrected chi connectivity index (χ2v) is 9.97. The monoisotopic (exact) mass is 532 g/mol. The van der Waals surface area contributed by atoms with Crippen molar-refractivity contribution in [3.8, 4) is 0 Å². The number of thiophene rings is 1. The Hall–Kier alpha value is -3.65. The molecule has 2 N–H and O–H groups in total. The molecule has 0 fully saturated rings. The molecule has 0 aliphatic heterocycles. The second-order valence-electron chi connectivity index (χ2n) is 7.57. The summed E-state index contributed by atoms with van der Waals surface area (Å²) in [4.78, 5) is 39.9. The SMILES string of the molecule is O=C(Nc1cccc(SCC(=O)c2cccs2)c1)/C(=C/c1ccccc1Cl)NC(=O)c1ccccc1. The van der Waals surface area contributed by atoms with E-state index in [0.717, 1.165) is 9.77 Å². The number of benzene rings is 3. The molecule has 0 saturated heterocycles. The largest absolute Gasteiger partial charge is 0.321 e. The zero-order valence-corrected chi connectivity index (χ0v) is 21.3. The highest BCUT2D eigenvalue weighted by Crippen LogP contribution is 2.24. The van der Waals surface area contributed by atoms with Gasteiger partial charge in [-0.3, -0.25) is 14.4 Å². The van der Waals surface area contributed by atoms with Crippen LogP contribution in [0.25, 0.3) is 6.08 Å². The van der Waals surface area contributed by atoms with Gasteiger partial charge < -0.3 is 10.6 Å². The summed E-state index contributed by atoms with van der Waals surface area (Å²) < 4.78 is 0. The van der Waals surface area contributed by atoms with Crippen LogP contribution in [0.2, 0.25) is 5.02 Å². The lowest BCUT2D eigenvalue weighted by Gasteiger charge is -2.12. The molecule has 0 bridgehead atoms. The fourth-order valence-electron chi connectivity index (χ4n) is 3.21. The Morgan fingerprint density at radius 1 is 0.889 bits per heavy atom.